The average molecular weight is 486 g/mol. The van der Waals surface area contributed by atoms with Gasteiger partial charge < -0.3 is 15.4 Å². The van der Waals surface area contributed by atoms with Crippen LogP contribution in [0.3, 0.4) is 0 Å². The van der Waals surface area contributed by atoms with E-state index in [1.807, 2.05) is 35.6 Å². The summed E-state index contributed by atoms with van der Waals surface area (Å²) in [5.41, 5.74) is -0.222. The number of benzene rings is 2. The Kier molecular flexibility index (Phi) is 7.41. The summed E-state index contributed by atoms with van der Waals surface area (Å²) in [5, 5.41) is 4.26. The molecule has 3 rings (SSSR count). The van der Waals surface area contributed by atoms with Crippen molar-refractivity contribution in [1.29, 1.82) is 0 Å². The molecule has 1 heterocycles. The molecular weight excluding hydrogens is 471 g/mol. The lowest BCUT2D eigenvalue weighted by atomic mass is 10.1. The Bertz CT molecular complexity index is 1140. The lowest BCUT2D eigenvalue weighted by Crippen LogP contribution is -2.22. The molecule has 11 heteroatoms. The molecule has 0 fully saturated rings. The predicted molar refractivity (Wildman–Crippen MR) is 116 cm³/mol. The molecule has 0 saturated heterocycles. The third-order valence-electron chi connectivity index (χ3n) is 4.18. The first-order valence-electron chi connectivity index (χ1n) is 9.16. The van der Waals surface area contributed by atoms with Gasteiger partial charge in [0.15, 0.2) is 28.4 Å². The summed E-state index contributed by atoms with van der Waals surface area (Å²) < 4.78 is 72.9. The Morgan fingerprint density at radius 2 is 1.56 bits per heavy atom. The van der Waals surface area contributed by atoms with E-state index in [9.17, 15) is 26.7 Å². The smallest absolute Gasteiger partial charge is 0.341 e. The van der Waals surface area contributed by atoms with Crippen molar-refractivity contribution in [2.45, 2.75) is 13.3 Å². The zero-order chi connectivity index (χ0) is 23.4. The van der Waals surface area contributed by atoms with Gasteiger partial charge in [-0.2, -0.15) is 0 Å². The molecule has 0 aliphatic rings. The summed E-state index contributed by atoms with van der Waals surface area (Å²) >= 11 is 6.10. The van der Waals surface area contributed by atoms with Gasteiger partial charge in [0, 0.05) is 11.3 Å². The van der Waals surface area contributed by atoms with Crippen molar-refractivity contribution in [3.05, 3.63) is 81.5 Å². The van der Waals surface area contributed by atoms with Gasteiger partial charge in [0.2, 0.25) is 5.82 Å². The molecule has 2 N–H and O–H groups in total. The maximum Gasteiger partial charge on any atom is 0.341 e. The van der Waals surface area contributed by atoms with E-state index in [4.69, 9.17) is 17.0 Å². The second kappa shape index (κ2) is 10.0. The Morgan fingerprint density at radius 3 is 2.16 bits per heavy atom. The Balaban J connectivity index is 1.87. The molecule has 32 heavy (non-hydrogen) atoms. The van der Waals surface area contributed by atoms with Crippen LogP contribution in [0.1, 0.15) is 27.7 Å². The minimum atomic E-state index is -2.28. The highest BCUT2D eigenvalue weighted by Gasteiger charge is 2.27. The molecule has 0 radical (unpaired) electrons. The second-order valence-electron chi connectivity index (χ2n) is 6.36. The predicted octanol–water partition coefficient (Wildman–Crippen LogP) is 6.02. The normalized spacial score (nSPS) is 10.7. The minimum absolute atomic E-state index is 0.107. The molecule has 168 valence electrons. The number of ether oxygens (including phenoxy) is 1. The van der Waals surface area contributed by atoms with Crippen molar-refractivity contribution in [1.82, 2.24) is 0 Å². The highest BCUT2D eigenvalue weighted by Crippen LogP contribution is 2.32. The minimum Gasteiger partial charge on any atom is -0.462 e. The molecule has 4 nitrogen and oxygen atoms in total. The molecule has 0 amide bonds. The van der Waals surface area contributed by atoms with Gasteiger partial charge in [-0.25, -0.2) is 26.7 Å². The number of thiophene rings is 1. The van der Waals surface area contributed by atoms with Gasteiger partial charge >= 0.3 is 5.97 Å². The molecule has 0 spiro atoms. The Hall–Kier alpha value is -3.05. The van der Waals surface area contributed by atoms with Gasteiger partial charge in [0.05, 0.1) is 12.2 Å². The lowest BCUT2D eigenvalue weighted by Gasteiger charge is -2.13. The molecule has 0 atom stereocenters. The van der Waals surface area contributed by atoms with E-state index in [1.165, 1.54) is 0 Å². The summed E-state index contributed by atoms with van der Waals surface area (Å²) in [5.74, 6) is -11.3. The number of thiocarbonyl (C=S) groups is 1. The lowest BCUT2D eigenvalue weighted by molar-refractivity contribution is 0.0528. The van der Waals surface area contributed by atoms with E-state index in [0.717, 1.165) is 21.8 Å². The van der Waals surface area contributed by atoms with Crippen molar-refractivity contribution in [3.8, 4) is 0 Å². The number of hydrogen-bond acceptors (Lipinski definition) is 4. The van der Waals surface area contributed by atoms with Crippen LogP contribution >= 0.6 is 23.6 Å². The quantitative estimate of drug-likeness (QED) is 0.147. The van der Waals surface area contributed by atoms with Crippen LogP contribution in [0.2, 0.25) is 0 Å². The van der Waals surface area contributed by atoms with Crippen LogP contribution in [0.15, 0.2) is 36.4 Å². The molecular formula is C21H15F5N2O2S2. The monoisotopic (exact) mass is 486 g/mol. The summed E-state index contributed by atoms with van der Waals surface area (Å²) in [7, 11) is 0. The van der Waals surface area contributed by atoms with E-state index in [1.54, 1.807) is 13.0 Å². The van der Waals surface area contributed by atoms with E-state index in [0.29, 0.717) is 6.42 Å². The zero-order valence-electron chi connectivity index (χ0n) is 16.4. The van der Waals surface area contributed by atoms with Crippen LogP contribution < -0.4 is 10.6 Å². The zero-order valence-corrected chi connectivity index (χ0v) is 18.0. The Morgan fingerprint density at radius 1 is 0.969 bits per heavy atom. The van der Waals surface area contributed by atoms with E-state index in [2.05, 4.69) is 5.32 Å². The maximum absolute atomic E-state index is 13.9. The number of halogens is 5. The van der Waals surface area contributed by atoms with E-state index >= 15 is 0 Å². The first-order valence-corrected chi connectivity index (χ1v) is 10.4. The average Bonchev–Trinajstić information content (AvgIpc) is 3.16. The number of carbonyl (C=O) groups is 1. The SMILES string of the molecule is CCOC(=O)c1cc(Cc2ccccc2)sc1NC(=S)Nc1c(F)c(F)c(F)c(F)c1F. The fourth-order valence-corrected chi connectivity index (χ4v) is 4.09. The number of nitrogens with one attached hydrogen (secondary N) is 2. The topological polar surface area (TPSA) is 50.4 Å². The van der Waals surface area contributed by atoms with Crippen molar-refractivity contribution in [2.24, 2.45) is 0 Å². The van der Waals surface area contributed by atoms with Gasteiger partial charge in [-0.1, -0.05) is 30.3 Å². The van der Waals surface area contributed by atoms with E-state index in [-0.39, 0.29) is 17.2 Å². The van der Waals surface area contributed by atoms with Crippen molar-refractivity contribution in [2.75, 3.05) is 17.2 Å². The van der Waals surface area contributed by atoms with Gasteiger partial charge in [-0.3, -0.25) is 0 Å². The number of anilines is 2. The number of carbonyl (C=O) groups excluding carboxylic acids is 1. The molecule has 0 unspecified atom stereocenters. The van der Waals surface area contributed by atoms with Crippen molar-refractivity contribution in [3.63, 3.8) is 0 Å². The summed E-state index contributed by atoms with van der Waals surface area (Å²) in [4.78, 5) is 13.1. The van der Waals surface area contributed by atoms with Crippen LogP contribution in [0.5, 0.6) is 0 Å². The second-order valence-corrected chi connectivity index (χ2v) is 7.91. The summed E-state index contributed by atoms with van der Waals surface area (Å²) in [6.45, 7) is 1.73. The number of rotatable bonds is 6. The van der Waals surface area contributed by atoms with Gasteiger partial charge in [0.1, 0.15) is 10.7 Å². The highest BCUT2D eigenvalue weighted by molar-refractivity contribution is 7.80. The molecule has 0 aliphatic carbocycles. The molecule has 2 aromatic carbocycles. The van der Waals surface area contributed by atoms with Crippen LogP contribution in [0.25, 0.3) is 0 Å². The van der Waals surface area contributed by atoms with Crippen LogP contribution in [0.4, 0.5) is 32.6 Å². The van der Waals surface area contributed by atoms with Crippen LogP contribution in [-0.2, 0) is 11.2 Å². The number of esters is 1. The summed E-state index contributed by atoms with van der Waals surface area (Å²) in [6.07, 6.45) is 0.484. The largest absolute Gasteiger partial charge is 0.462 e. The fourth-order valence-electron chi connectivity index (χ4n) is 2.74. The van der Waals surface area contributed by atoms with Crippen LogP contribution in [-0.4, -0.2) is 17.7 Å². The third-order valence-corrected chi connectivity index (χ3v) is 5.43. The molecule has 1 aromatic heterocycles. The first kappa shape index (κ1) is 23.6. The molecule has 0 bridgehead atoms. The third kappa shape index (κ3) is 5.05. The molecule has 3 aromatic rings. The van der Waals surface area contributed by atoms with Gasteiger partial charge in [-0.15, -0.1) is 11.3 Å². The Labute approximate surface area is 189 Å². The summed E-state index contributed by atoms with van der Waals surface area (Å²) in [6, 6.07) is 10.9. The fraction of sp³-hybridized carbons (Fsp3) is 0.143. The highest BCUT2D eigenvalue weighted by atomic mass is 32.1. The van der Waals surface area contributed by atoms with Gasteiger partial charge in [0.25, 0.3) is 0 Å². The maximum atomic E-state index is 13.9. The number of hydrogen-bond donors (Lipinski definition) is 2. The molecule has 0 saturated carbocycles. The van der Waals surface area contributed by atoms with Gasteiger partial charge in [-0.05, 0) is 30.8 Å². The standard InChI is InChI=1S/C21H15F5N2O2S2/c1-2-30-20(29)12-9-11(8-10-6-4-3-5-7-10)32-19(12)28-21(31)27-18-16(25)14(23)13(22)15(24)17(18)26/h3-7,9H,2,8H2,1H3,(H2,27,28,31). The van der Waals surface area contributed by atoms with Crippen LogP contribution in [0, 0.1) is 29.1 Å². The molecule has 0 aliphatic heterocycles. The van der Waals surface area contributed by atoms with E-state index < -0.39 is 45.9 Å². The first-order chi connectivity index (χ1) is 15.2. The van der Waals surface area contributed by atoms with Crippen molar-refractivity contribution < 1.29 is 31.5 Å². The van der Waals surface area contributed by atoms with Crippen molar-refractivity contribution >= 4 is 45.3 Å².